The summed E-state index contributed by atoms with van der Waals surface area (Å²) < 4.78 is 18.6. The van der Waals surface area contributed by atoms with Crippen molar-refractivity contribution in [1.29, 1.82) is 0 Å². The van der Waals surface area contributed by atoms with Crippen molar-refractivity contribution in [2.45, 2.75) is 32.9 Å². The molecule has 0 radical (unpaired) electrons. The maximum absolute atomic E-state index is 14.4. The van der Waals surface area contributed by atoms with Gasteiger partial charge in [0.05, 0.1) is 19.6 Å². The van der Waals surface area contributed by atoms with Crippen LogP contribution in [-0.2, 0) is 27.2 Å². The van der Waals surface area contributed by atoms with Gasteiger partial charge in [-0.15, -0.1) is 0 Å². The minimum absolute atomic E-state index is 0.203. The third kappa shape index (κ3) is 3.53. The molecule has 4 rings (SSSR count). The fourth-order valence-corrected chi connectivity index (χ4v) is 4.38. The van der Waals surface area contributed by atoms with Crippen molar-refractivity contribution < 1.29 is 9.29 Å². The van der Waals surface area contributed by atoms with Gasteiger partial charge in [0.15, 0.2) is 17.0 Å². The van der Waals surface area contributed by atoms with E-state index in [1.54, 1.807) is 29.8 Å². The van der Waals surface area contributed by atoms with Crippen molar-refractivity contribution in [3.05, 3.63) is 62.3 Å². The Morgan fingerprint density at radius 3 is 2.69 bits per heavy atom. The number of quaternary nitrogens is 1. The molecule has 3 aromatic rings. The number of aryl methyl sites for hydroxylation is 1. The molecule has 8 heteroatoms. The second-order valence-electron chi connectivity index (χ2n) is 8.21. The summed E-state index contributed by atoms with van der Waals surface area (Å²) in [5, 5.41) is 0. The zero-order valence-electron chi connectivity index (χ0n) is 17.1. The summed E-state index contributed by atoms with van der Waals surface area (Å²) in [6.07, 6.45) is 2.38. The van der Waals surface area contributed by atoms with Crippen LogP contribution in [0.4, 0.5) is 4.39 Å². The Morgan fingerprint density at radius 1 is 1.21 bits per heavy atom. The number of aromatic nitrogens is 4. The smallest absolute Gasteiger partial charge is 0.328 e. The standard InChI is InChI=1S/C21H26FN5O2/c1-14-7-6-10-26(11-14)13-17-23-19-18(20(28)25(3)21(29)24(19)2)27(17)12-15-8-4-5-9-16(15)22/h4-5,8-9,14H,6-7,10-13H2,1-3H3/p+1/t14-/m0/s1. The Morgan fingerprint density at radius 2 is 1.97 bits per heavy atom. The van der Waals surface area contributed by atoms with E-state index in [-0.39, 0.29) is 12.4 Å². The quantitative estimate of drug-likeness (QED) is 0.691. The minimum atomic E-state index is -0.413. The Labute approximate surface area is 168 Å². The van der Waals surface area contributed by atoms with Crippen molar-refractivity contribution in [3.8, 4) is 0 Å². The van der Waals surface area contributed by atoms with E-state index in [2.05, 4.69) is 11.9 Å². The van der Waals surface area contributed by atoms with E-state index in [4.69, 9.17) is 0 Å². The fraction of sp³-hybridized carbons (Fsp3) is 0.476. The molecule has 0 amide bonds. The molecule has 7 nitrogen and oxygen atoms in total. The first-order valence-electron chi connectivity index (χ1n) is 10.1. The molecule has 1 saturated heterocycles. The predicted molar refractivity (Wildman–Crippen MR) is 109 cm³/mol. The molecule has 154 valence electrons. The lowest BCUT2D eigenvalue weighted by atomic mass is 10.0. The molecule has 0 aliphatic carbocycles. The number of imidazole rings is 1. The van der Waals surface area contributed by atoms with Crippen molar-refractivity contribution in [3.63, 3.8) is 0 Å². The van der Waals surface area contributed by atoms with Gasteiger partial charge in [-0.2, -0.15) is 0 Å². The number of fused-ring (bicyclic) bond motifs is 1. The average molecular weight is 400 g/mol. The number of hydrogen-bond donors (Lipinski definition) is 1. The minimum Gasteiger partial charge on any atom is -0.328 e. The number of nitrogens with zero attached hydrogens (tertiary/aromatic N) is 4. The number of benzene rings is 1. The second kappa shape index (κ2) is 7.59. The largest absolute Gasteiger partial charge is 0.332 e. The fourth-order valence-electron chi connectivity index (χ4n) is 4.38. The number of likely N-dealkylation sites (tertiary alicyclic amines) is 1. The molecular weight excluding hydrogens is 373 g/mol. The van der Waals surface area contributed by atoms with Crippen LogP contribution < -0.4 is 16.1 Å². The molecule has 1 unspecified atom stereocenters. The molecular formula is C21H27FN5O2+. The van der Waals surface area contributed by atoms with Crippen molar-refractivity contribution in [2.75, 3.05) is 13.1 Å². The Balaban J connectivity index is 1.88. The van der Waals surface area contributed by atoms with Crippen LogP contribution >= 0.6 is 0 Å². The Hall–Kier alpha value is -2.74. The lowest BCUT2D eigenvalue weighted by Crippen LogP contribution is -3.12. The van der Waals surface area contributed by atoms with Gasteiger partial charge < -0.3 is 9.47 Å². The Bertz CT molecular complexity index is 1180. The lowest BCUT2D eigenvalue weighted by molar-refractivity contribution is -0.922. The summed E-state index contributed by atoms with van der Waals surface area (Å²) in [4.78, 5) is 31.4. The summed E-state index contributed by atoms with van der Waals surface area (Å²) in [5.74, 6) is 1.03. The molecule has 1 aliphatic heterocycles. The summed E-state index contributed by atoms with van der Waals surface area (Å²) in [5.41, 5.74) is 0.376. The average Bonchev–Trinajstić information content (AvgIpc) is 3.04. The summed E-state index contributed by atoms with van der Waals surface area (Å²) in [6, 6.07) is 6.56. The highest BCUT2D eigenvalue weighted by Gasteiger charge is 2.25. The van der Waals surface area contributed by atoms with Gasteiger partial charge in [0.1, 0.15) is 12.4 Å². The van der Waals surface area contributed by atoms with Crippen LogP contribution in [0.15, 0.2) is 33.9 Å². The summed E-state index contributed by atoms with van der Waals surface area (Å²) >= 11 is 0. The van der Waals surface area contributed by atoms with E-state index in [1.807, 2.05) is 0 Å². The van der Waals surface area contributed by atoms with E-state index < -0.39 is 11.2 Å². The van der Waals surface area contributed by atoms with Gasteiger partial charge in [-0.1, -0.05) is 25.1 Å². The number of rotatable bonds is 4. The molecule has 0 spiro atoms. The second-order valence-corrected chi connectivity index (χ2v) is 8.21. The van der Waals surface area contributed by atoms with E-state index >= 15 is 0 Å². The highest BCUT2D eigenvalue weighted by molar-refractivity contribution is 5.71. The van der Waals surface area contributed by atoms with Gasteiger partial charge in [0.2, 0.25) is 0 Å². The lowest BCUT2D eigenvalue weighted by Gasteiger charge is -2.27. The number of halogens is 1. The topological polar surface area (TPSA) is 66.3 Å². The summed E-state index contributed by atoms with van der Waals surface area (Å²) in [6.45, 7) is 5.19. The maximum Gasteiger partial charge on any atom is 0.332 e. The summed E-state index contributed by atoms with van der Waals surface area (Å²) in [7, 11) is 3.08. The van der Waals surface area contributed by atoms with Crippen LogP contribution in [0.3, 0.4) is 0 Å². The van der Waals surface area contributed by atoms with Crippen molar-refractivity contribution in [1.82, 2.24) is 18.7 Å². The van der Waals surface area contributed by atoms with Crippen molar-refractivity contribution >= 4 is 11.2 Å². The van der Waals surface area contributed by atoms with Gasteiger partial charge in [0.25, 0.3) is 5.56 Å². The highest BCUT2D eigenvalue weighted by atomic mass is 19.1. The molecule has 29 heavy (non-hydrogen) atoms. The molecule has 1 N–H and O–H groups in total. The van der Waals surface area contributed by atoms with E-state index in [0.717, 1.165) is 24.1 Å². The monoisotopic (exact) mass is 400 g/mol. The van der Waals surface area contributed by atoms with Gasteiger partial charge in [-0.05, 0) is 18.9 Å². The number of nitrogens with one attached hydrogen (secondary N) is 1. The van der Waals surface area contributed by atoms with E-state index in [0.29, 0.717) is 35.0 Å². The van der Waals surface area contributed by atoms with Crippen molar-refractivity contribution in [2.24, 2.45) is 20.0 Å². The number of piperidine rings is 1. The molecule has 0 saturated carbocycles. The molecule has 2 atom stereocenters. The molecule has 0 bridgehead atoms. The SMILES string of the molecule is C[C@H]1CCC[NH+](Cc2nc3c(c(=O)n(C)c(=O)n3C)n2Cc2ccccc2F)C1. The zero-order valence-corrected chi connectivity index (χ0v) is 17.1. The first kappa shape index (κ1) is 19.6. The molecule has 1 aliphatic rings. The van der Waals surface area contributed by atoms with Crippen LogP contribution in [0.2, 0.25) is 0 Å². The molecule has 1 aromatic carbocycles. The van der Waals surface area contributed by atoms with E-state index in [9.17, 15) is 14.0 Å². The van der Waals surface area contributed by atoms with Crippen LogP contribution in [0.1, 0.15) is 31.2 Å². The van der Waals surface area contributed by atoms with E-state index in [1.165, 1.54) is 29.0 Å². The van der Waals surface area contributed by atoms with Gasteiger partial charge in [-0.25, -0.2) is 14.2 Å². The zero-order chi connectivity index (χ0) is 20.7. The third-order valence-electron chi connectivity index (χ3n) is 5.99. The van der Waals surface area contributed by atoms with Crippen LogP contribution in [0.25, 0.3) is 11.2 Å². The molecule has 3 heterocycles. The predicted octanol–water partition coefficient (Wildman–Crippen LogP) is 0.436. The first-order chi connectivity index (χ1) is 13.9. The Kier molecular flexibility index (Phi) is 5.12. The molecule has 2 aromatic heterocycles. The van der Waals surface area contributed by atoms with Gasteiger partial charge in [-0.3, -0.25) is 13.9 Å². The van der Waals surface area contributed by atoms with Crippen LogP contribution in [0.5, 0.6) is 0 Å². The third-order valence-corrected chi connectivity index (χ3v) is 5.99. The number of hydrogen-bond acceptors (Lipinski definition) is 3. The first-order valence-corrected chi connectivity index (χ1v) is 10.1. The maximum atomic E-state index is 14.4. The normalized spacial score (nSPS) is 19.7. The highest BCUT2D eigenvalue weighted by Crippen LogP contribution is 2.16. The van der Waals surface area contributed by atoms with Crippen LogP contribution in [-0.4, -0.2) is 31.8 Å². The van der Waals surface area contributed by atoms with Gasteiger partial charge in [0, 0.05) is 25.6 Å². The van der Waals surface area contributed by atoms with Crippen LogP contribution in [0, 0.1) is 11.7 Å². The molecule has 1 fully saturated rings. The van der Waals surface area contributed by atoms with Gasteiger partial charge >= 0.3 is 5.69 Å².